The monoisotopic (exact) mass is 433 g/mol. The lowest BCUT2D eigenvalue weighted by atomic mass is 9.92. The van der Waals surface area contributed by atoms with Crippen LogP contribution in [-0.2, 0) is 19.8 Å². The maximum atomic E-state index is 12.1. The van der Waals surface area contributed by atoms with Gasteiger partial charge in [0.1, 0.15) is 48.9 Å². The third-order valence-corrected chi connectivity index (χ3v) is 5.34. The molecule has 0 aromatic carbocycles. The second-order valence-corrected chi connectivity index (χ2v) is 7.48. The molecular weight excluding hydrogens is 406 g/mol. The Hall–Kier alpha value is -2.94. The zero-order valence-corrected chi connectivity index (χ0v) is 17.5. The minimum absolute atomic E-state index is 0.168. The maximum Gasteiger partial charge on any atom is 0.508 e. The van der Waals surface area contributed by atoms with Gasteiger partial charge >= 0.3 is 6.16 Å². The fourth-order valence-corrected chi connectivity index (χ4v) is 3.78. The summed E-state index contributed by atoms with van der Waals surface area (Å²) in [6, 6.07) is 5.02. The number of nitrogen functional groups attached to an aromatic ring is 1. The van der Waals surface area contributed by atoms with E-state index in [0.29, 0.717) is 18.4 Å². The highest BCUT2D eigenvalue weighted by Crippen LogP contribution is 2.40. The Morgan fingerprint density at radius 3 is 2.74 bits per heavy atom. The Bertz CT molecular complexity index is 953. The summed E-state index contributed by atoms with van der Waals surface area (Å²) in [5.41, 5.74) is 4.46. The lowest BCUT2D eigenvalue weighted by molar-refractivity contribution is -0.0753. The highest BCUT2D eigenvalue weighted by molar-refractivity contribution is 5.66. The predicted octanol–water partition coefficient (Wildman–Crippen LogP) is 1.27. The highest BCUT2D eigenvalue weighted by atomic mass is 16.7. The number of nitrogens with zero attached hydrogens (tertiary/aromatic N) is 4. The van der Waals surface area contributed by atoms with Crippen molar-refractivity contribution in [2.45, 2.75) is 69.5 Å². The minimum Gasteiger partial charge on any atom is -0.431 e. The summed E-state index contributed by atoms with van der Waals surface area (Å²) < 4.78 is 17.5. The van der Waals surface area contributed by atoms with Crippen LogP contribution in [0.5, 0.6) is 0 Å². The van der Waals surface area contributed by atoms with Crippen molar-refractivity contribution < 1.29 is 29.2 Å². The molecule has 0 saturated carbocycles. The molecule has 3 heterocycles. The summed E-state index contributed by atoms with van der Waals surface area (Å²) in [4.78, 5) is 16.0. The zero-order chi connectivity index (χ0) is 22.6. The van der Waals surface area contributed by atoms with Crippen molar-refractivity contribution in [3.05, 3.63) is 24.2 Å². The van der Waals surface area contributed by atoms with Crippen molar-refractivity contribution in [3.8, 4) is 6.07 Å². The molecule has 4 N–H and O–H groups in total. The second-order valence-electron chi connectivity index (χ2n) is 7.48. The molecule has 11 heteroatoms. The van der Waals surface area contributed by atoms with Gasteiger partial charge < -0.3 is 30.2 Å². The number of carbonyl (C=O) groups excluding carboxylic acids is 1. The van der Waals surface area contributed by atoms with Crippen LogP contribution >= 0.6 is 0 Å². The lowest BCUT2D eigenvalue weighted by Gasteiger charge is -2.24. The number of aromatic nitrogens is 3. The Labute approximate surface area is 179 Å². The molecule has 0 aliphatic carbocycles. The number of carbonyl (C=O) groups is 1. The van der Waals surface area contributed by atoms with E-state index in [2.05, 4.69) is 10.1 Å². The molecule has 1 fully saturated rings. The minimum atomic E-state index is -1.95. The van der Waals surface area contributed by atoms with Crippen molar-refractivity contribution in [3.63, 3.8) is 0 Å². The quantitative estimate of drug-likeness (QED) is 0.516. The third kappa shape index (κ3) is 4.27. The number of anilines is 1. The molecule has 3 rings (SSSR count). The van der Waals surface area contributed by atoms with Gasteiger partial charge in [0.15, 0.2) is 5.82 Å². The number of nitrogens with two attached hydrogens (primary N) is 1. The highest BCUT2D eigenvalue weighted by Gasteiger charge is 2.57. The molecular formula is C20H27N5O6. The first-order valence-corrected chi connectivity index (χ1v) is 10.2. The lowest BCUT2D eigenvalue weighted by Crippen LogP contribution is -2.41. The van der Waals surface area contributed by atoms with E-state index >= 15 is 0 Å². The topological polar surface area (TPSA) is 165 Å². The molecule has 0 spiro atoms. The predicted molar refractivity (Wildman–Crippen MR) is 108 cm³/mol. The van der Waals surface area contributed by atoms with E-state index in [1.165, 1.54) is 16.9 Å². The largest absolute Gasteiger partial charge is 0.508 e. The van der Waals surface area contributed by atoms with E-state index in [1.807, 2.05) is 19.9 Å². The van der Waals surface area contributed by atoms with Crippen LogP contribution in [0, 0.1) is 11.3 Å². The van der Waals surface area contributed by atoms with E-state index in [4.69, 9.17) is 19.9 Å². The van der Waals surface area contributed by atoms with E-state index in [9.17, 15) is 20.3 Å². The van der Waals surface area contributed by atoms with Crippen molar-refractivity contribution in [2.24, 2.45) is 0 Å². The number of ether oxygens (including phenoxy) is 3. The molecule has 0 radical (unpaired) electrons. The van der Waals surface area contributed by atoms with Gasteiger partial charge in [-0.25, -0.2) is 14.3 Å². The van der Waals surface area contributed by atoms with Gasteiger partial charge in [0.2, 0.25) is 5.60 Å². The van der Waals surface area contributed by atoms with Crippen molar-refractivity contribution in [1.82, 2.24) is 14.6 Å². The summed E-state index contributed by atoms with van der Waals surface area (Å²) in [5.74, 6) is 0.179. The van der Waals surface area contributed by atoms with Crippen LogP contribution in [0.3, 0.4) is 0 Å². The standard InChI is InChI=1S/C20H27N5O6/c1-3-5-12(6-4-2)30-19(28)29-9-14-16(26)17(27)20(10-21,31-14)15-8-7-13-18(22)23-11-24-25(13)15/h7-8,11-12,14,16-17,26-27H,3-6,9H2,1-2H3,(H2,22,23,24)/t14-,16-,17-,20+/m1/s1. The van der Waals surface area contributed by atoms with E-state index < -0.39 is 36.7 Å². The van der Waals surface area contributed by atoms with Gasteiger partial charge in [-0.15, -0.1) is 0 Å². The number of aliphatic hydroxyl groups excluding tert-OH is 2. The van der Waals surface area contributed by atoms with Crippen LogP contribution in [0.4, 0.5) is 10.6 Å². The fourth-order valence-electron chi connectivity index (χ4n) is 3.78. The third-order valence-electron chi connectivity index (χ3n) is 5.34. The molecule has 0 unspecified atom stereocenters. The van der Waals surface area contributed by atoms with Gasteiger partial charge in [-0.05, 0) is 25.0 Å². The van der Waals surface area contributed by atoms with E-state index in [0.717, 1.165) is 12.8 Å². The first-order chi connectivity index (χ1) is 14.9. The van der Waals surface area contributed by atoms with E-state index in [1.54, 1.807) is 6.07 Å². The Morgan fingerprint density at radius 2 is 2.10 bits per heavy atom. The molecule has 0 bridgehead atoms. The summed E-state index contributed by atoms with van der Waals surface area (Å²) >= 11 is 0. The first-order valence-electron chi connectivity index (χ1n) is 10.2. The average Bonchev–Trinajstić information content (AvgIpc) is 3.29. The molecule has 1 aliphatic rings. The van der Waals surface area contributed by atoms with Gasteiger partial charge in [0.25, 0.3) is 0 Å². The molecule has 11 nitrogen and oxygen atoms in total. The Morgan fingerprint density at radius 1 is 1.39 bits per heavy atom. The van der Waals surface area contributed by atoms with Crippen LogP contribution in [-0.4, -0.2) is 62.0 Å². The van der Waals surface area contributed by atoms with Crippen molar-refractivity contribution in [2.75, 3.05) is 12.3 Å². The Kier molecular flexibility index (Phi) is 6.94. The SMILES string of the molecule is CCCC(CCC)OC(=O)OC[C@H]1O[C@@](C#N)(c2ccc3c(N)ncnn23)[C@H](O)[C@@H]1O. The second kappa shape index (κ2) is 9.47. The first kappa shape index (κ1) is 22.7. The summed E-state index contributed by atoms with van der Waals surface area (Å²) in [7, 11) is 0. The molecule has 1 saturated heterocycles. The van der Waals surface area contributed by atoms with Crippen molar-refractivity contribution in [1.29, 1.82) is 5.26 Å². The van der Waals surface area contributed by atoms with Gasteiger partial charge in [0, 0.05) is 0 Å². The van der Waals surface area contributed by atoms with Gasteiger partial charge in [-0.1, -0.05) is 26.7 Å². The summed E-state index contributed by atoms with van der Waals surface area (Å²) in [6.45, 7) is 3.59. The summed E-state index contributed by atoms with van der Waals surface area (Å²) in [6.07, 6.45) is -1.04. The number of aliphatic hydroxyl groups is 2. The number of fused-ring (bicyclic) bond motifs is 1. The smallest absolute Gasteiger partial charge is 0.431 e. The number of nitriles is 1. The molecule has 31 heavy (non-hydrogen) atoms. The molecule has 2 aromatic rings. The van der Waals surface area contributed by atoms with Crippen molar-refractivity contribution >= 4 is 17.5 Å². The number of hydrogen-bond donors (Lipinski definition) is 3. The molecule has 2 aromatic heterocycles. The Balaban J connectivity index is 1.74. The van der Waals surface area contributed by atoms with Gasteiger partial charge in [-0.3, -0.25) is 0 Å². The van der Waals surface area contributed by atoms with Crippen LogP contribution < -0.4 is 5.73 Å². The number of hydrogen-bond acceptors (Lipinski definition) is 10. The maximum absolute atomic E-state index is 12.1. The molecule has 4 atom stereocenters. The normalized spacial score (nSPS) is 25.6. The van der Waals surface area contributed by atoms with Gasteiger partial charge in [0.05, 0.1) is 5.69 Å². The molecule has 168 valence electrons. The van der Waals surface area contributed by atoms with E-state index in [-0.39, 0.29) is 17.6 Å². The summed E-state index contributed by atoms with van der Waals surface area (Å²) in [5, 5.41) is 35.1. The van der Waals surface area contributed by atoms with Gasteiger partial charge in [-0.2, -0.15) is 10.4 Å². The van der Waals surface area contributed by atoms with Crippen LogP contribution in [0.2, 0.25) is 0 Å². The number of rotatable bonds is 8. The van der Waals surface area contributed by atoms with Crippen LogP contribution in [0.15, 0.2) is 18.5 Å². The molecule has 1 aliphatic heterocycles. The van der Waals surface area contributed by atoms with Crippen LogP contribution in [0.25, 0.3) is 5.52 Å². The zero-order valence-electron chi connectivity index (χ0n) is 17.5. The van der Waals surface area contributed by atoms with Crippen LogP contribution in [0.1, 0.15) is 45.2 Å². The molecule has 0 amide bonds. The average molecular weight is 433 g/mol. The fraction of sp³-hybridized carbons (Fsp3) is 0.600.